The Morgan fingerprint density at radius 3 is 2.94 bits per heavy atom. The molecule has 0 saturated heterocycles. The molecular weight excluding hydrogens is 284 g/mol. The van der Waals surface area contributed by atoms with Crippen LogP contribution in [0.3, 0.4) is 0 Å². The lowest BCUT2D eigenvalue weighted by Gasteiger charge is -2.18. The zero-order valence-corrected chi connectivity index (χ0v) is 11.9. The fraction of sp³-hybridized carbons (Fsp3) is 0.417. The van der Waals surface area contributed by atoms with Crippen molar-refractivity contribution in [3.8, 4) is 0 Å². The van der Waals surface area contributed by atoms with E-state index in [1.54, 1.807) is 11.8 Å². The number of nitrogens with zero attached hydrogens (tertiary/aromatic N) is 1. The maximum absolute atomic E-state index is 4.52. The lowest BCUT2D eigenvalue weighted by atomic mass is 10.2. The number of aryl methyl sites for hydroxylation is 1. The summed E-state index contributed by atoms with van der Waals surface area (Å²) >= 11 is 5.36. The third-order valence-corrected chi connectivity index (χ3v) is 4.31. The quantitative estimate of drug-likeness (QED) is 0.850. The highest BCUT2D eigenvalue weighted by Crippen LogP contribution is 2.26. The third-order valence-electron chi connectivity index (χ3n) is 2.42. The molecule has 1 atom stereocenters. The van der Waals surface area contributed by atoms with Gasteiger partial charge in [-0.15, -0.1) is 0 Å². The van der Waals surface area contributed by atoms with Gasteiger partial charge in [-0.1, -0.05) is 24.8 Å². The van der Waals surface area contributed by atoms with Gasteiger partial charge in [0.15, 0.2) is 5.17 Å². The largest absolute Gasteiger partial charge is 0.334 e. The van der Waals surface area contributed by atoms with Gasteiger partial charge in [-0.2, -0.15) is 0 Å². The Hall–Kier alpha value is -0.480. The number of halogens is 1. The van der Waals surface area contributed by atoms with Crippen molar-refractivity contribution in [2.45, 2.75) is 13.8 Å². The van der Waals surface area contributed by atoms with E-state index >= 15 is 0 Å². The molecule has 0 bridgehead atoms. The minimum atomic E-state index is 0.692. The summed E-state index contributed by atoms with van der Waals surface area (Å²) in [5, 5.41) is 4.39. The number of aliphatic imine (C=N–C) groups is 1. The Labute approximate surface area is 109 Å². The van der Waals surface area contributed by atoms with E-state index < -0.39 is 0 Å². The molecule has 0 amide bonds. The molecule has 0 spiro atoms. The molecule has 1 heterocycles. The first-order chi connectivity index (χ1) is 7.65. The molecular formula is C12H15BrN2S. The summed E-state index contributed by atoms with van der Waals surface area (Å²) in [4.78, 5) is 4.52. The second-order valence-corrected chi connectivity index (χ2v) is 6.03. The molecule has 2 nitrogen and oxygen atoms in total. The number of nitrogens with one attached hydrogen (secondary N) is 1. The van der Waals surface area contributed by atoms with Gasteiger partial charge in [0.2, 0.25) is 0 Å². The number of thioether (sulfide) groups is 1. The van der Waals surface area contributed by atoms with Crippen molar-refractivity contribution in [3.63, 3.8) is 0 Å². The summed E-state index contributed by atoms with van der Waals surface area (Å²) in [6, 6.07) is 6.29. The Bertz CT molecular complexity index is 417. The summed E-state index contributed by atoms with van der Waals surface area (Å²) in [5.41, 5.74) is 2.34. The molecule has 0 radical (unpaired) electrons. The number of benzene rings is 1. The van der Waals surface area contributed by atoms with Gasteiger partial charge < -0.3 is 5.32 Å². The van der Waals surface area contributed by atoms with Crippen LogP contribution < -0.4 is 5.32 Å². The number of anilines is 1. The van der Waals surface area contributed by atoms with Crippen molar-refractivity contribution in [1.82, 2.24) is 0 Å². The van der Waals surface area contributed by atoms with Crippen LogP contribution in [0.1, 0.15) is 12.5 Å². The molecule has 1 aromatic carbocycles. The van der Waals surface area contributed by atoms with Gasteiger partial charge in [-0.3, -0.25) is 4.99 Å². The highest BCUT2D eigenvalue weighted by Gasteiger charge is 2.12. The summed E-state index contributed by atoms with van der Waals surface area (Å²) in [6.07, 6.45) is 0. The number of hydrogen-bond donors (Lipinski definition) is 1. The highest BCUT2D eigenvalue weighted by molar-refractivity contribution is 9.10. The molecule has 86 valence electrons. The molecule has 0 saturated carbocycles. The molecule has 0 aliphatic carbocycles. The Morgan fingerprint density at radius 2 is 2.31 bits per heavy atom. The normalized spacial score (nSPS) is 20.4. The van der Waals surface area contributed by atoms with Crippen molar-refractivity contribution in [2.75, 3.05) is 17.6 Å². The lowest BCUT2D eigenvalue weighted by Crippen LogP contribution is -2.18. The smallest absolute Gasteiger partial charge is 0.161 e. The molecule has 16 heavy (non-hydrogen) atoms. The van der Waals surface area contributed by atoms with Crippen molar-refractivity contribution < 1.29 is 0 Å². The van der Waals surface area contributed by atoms with Crippen LogP contribution in [0.15, 0.2) is 27.7 Å². The van der Waals surface area contributed by atoms with E-state index in [1.165, 1.54) is 5.56 Å². The minimum absolute atomic E-state index is 0.692. The van der Waals surface area contributed by atoms with Crippen molar-refractivity contribution >= 4 is 38.5 Å². The average Bonchev–Trinajstić information content (AvgIpc) is 2.25. The van der Waals surface area contributed by atoms with E-state index in [0.29, 0.717) is 5.92 Å². The average molecular weight is 299 g/mol. The fourth-order valence-corrected chi connectivity index (χ4v) is 2.96. The van der Waals surface area contributed by atoms with Crippen LogP contribution in [0.25, 0.3) is 0 Å². The van der Waals surface area contributed by atoms with Gasteiger partial charge in [0.25, 0.3) is 0 Å². The van der Waals surface area contributed by atoms with E-state index in [9.17, 15) is 0 Å². The second kappa shape index (κ2) is 5.23. The second-order valence-electron chi connectivity index (χ2n) is 4.17. The highest BCUT2D eigenvalue weighted by atomic mass is 79.9. The first kappa shape index (κ1) is 12.0. The summed E-state index contributed by atoms with van der Waals surface area (Å²) in [6.45, 7) is 5.25. The molecule has 1 aliphatic rings. The monoisotopic (exact) mass is 298 g/mol. The minimum Gasteiger partial charge on any atom is -0.334 e. The standard InChI is InChI=1S/C12H15BrN2S/c1-8-3-4-11(10(13)5-8)15-12-14-6-9(2)7-16-12/h3-5,9H,6-7H2,1-2H3,(H,14,15). The summed E-state index contributed by atoms with van der Waals surface area (Å²) < 4.78 is 1.09. The van der Waals surface area contributed by atoms with Crippen LogP contribution in [-0.2, 0) is 0 Å². The third kappa shape index (κ3) is 3.01. The van der Waals surface area contributed by atoms with E-state index in [2.05, 4.69) is 58.3 Å². The van der Waals surface area contributed by atoms with Crippen LogP contribution in [-0.4, -0.2) is 17.5 Å². The maximum Gasteiger partial charge on any atom is 0.161 e. The molecule has 1 aromatic rings. The van der Waals surface area contributed by atoms with Gasteiger partial charge in [0, 0.05) is 16.8 Å². The van der Waals surface area contributed by atoms with E-state index in [0.717, 1.165) is 27.6 Å². The van der Waals surface area contributed by atoms with Crippen LogP contribution >= 0.6 is 27.7 Å². The van der Waals surface area contributed by atoms with Gasteiger partial charge in [0.1, 0.15) is 0 Å². The van der Waals surface area contributed by atoms with E-state index in [-0.39, 0.29) is 0 Å². The lowest BCUT2D eigenvalue weighted by molar-refractivity contribution is 0.674. The first-order valence-electron chi connectivity index (χ1n) is 5.35. The maximum atomic E-state index is 4.52. The fourth-order valence-electron chi connectivity index (χ4n) is 1.47. The molecule has 0 fully saturated rings. The summed E-state index contributed by atoms with van der Waals surface area (Å²) in [5.74, 6) is 1.84. The SMILES string of the molecule is Cc1ccc(NC2=NCC(C)CS2)c(Br)c1. The van der Waals surface area contributed by atoms with Crippen molar-refractivity contribution in [3.05, 3.63) is 28.2 Å². The van der Waals surface area contributed by atoms with Crippen molar-refractivity contribution in [2.24, 2.45) is 10.9 Å². The first-order valence-corrected chi connectivity index (χ1v) is 7.13. The Kier molecular flexibility index (Phi) is 3.92. The van der Waals surface area contributed by atoms with Crippen LogP contribution in [0.4, 0.5) is 5.69 Å². The molecule has 4 heteroatoms. The number of rotatable bonds is 1. The van der Waals surface area contributed by atoms with Crippen molar-refractivity contribution in [1.29, 1.82) is 0 Å². The molecule has 1 aliphatic heterocycles. The summed E-state index contributed by atoms with van der Waals surface area (Å²) in [7, 11) is 0. The predicted molar refractivity (Wildman–Crippen MR) is 76.4 cm³/mol. The Balaban J connectivity index is 2.09. The molecule has 1 N–H and O–H groups in total. The van der Waals surface area contributed by atoms with Gasteiger partial charge in [-0.25, -0.2) is 0 Å². The van der Waals surface area contributed by atoms with Crippen LogP contribution in [0.2, 0.25) is 0 Å². The molecule has 2 rings (SSSR count). The zero-order valence-electron chi connectivity index (χ0n) is 9.46. The van der Waals surface area contributed by atoms with Gasteiger partial charge >= 0.3 is 0 Å². The predicted octanol–water partition coefficient (Wildman–Crippen LogP) is 3.91. The van der Waals surface area contributed by atoms with Crippen LogP contribution in [0.5, 0.6) is 0 Å². The number of hydrogen-bond acceptors (Lipinski definition) is 3. The van der Waals surface area contributed by atoms with E-state index in [4.69, 9.17) is 0 Å². The molecule has 0 aromatic heterocycles. The molecule has 1 unspecified atom stereocenters. The number of amidine groups is 1. The zero-order chi connectivity index (χ0) is 11.5. The topological polar surface area (TPSA) is 24.4 Å². The van der Waals surface area contributed by atoms with Crippen LogP contribution in [0, 0.1) is 12.8 Å². The van der Waals surface area contributed by atoms with Gasteiger partial charge in [0.05, 0.1) is 5.69 Å². The van der Waals surface area contributed by atoms with Gasteiger partial charge in [-0.05, 0) is 46.5 Å². The van der Waals surface area contributed by atoms with E-state index in [1.807, 2.05) is 0 Å². The Morgan fingerprint density at radius 1 is 1.50 bits per heavy atom.